The van der Waals surface area contributed by atoms with Gasteiger partial charge < -0.3 is 15.4 Å². The zero-order valence-electron chi connectivity index (χ0n) is 19.4. The van der Waals surface area contributed by atoms with E-state index in [0.717, 1.165) is 41.8 Å². The van der Waals surface area contributed by atoms with Gasteiger partial charge in [0.15, 0.2) is 0 Å². The first kappa shape index (κ1) is 22.0. The number of piperidine rings is 1. The zero-order valence-corrected chi connectivity index (χ0v) is 19.4. The Morgan fingerprint density at radius 1 is 0.909 bits per heavy atom. The van der Waals surface area contributed by atoms with Crippen LogP contribution in [0.4, 0.5) is 10.1 Å². The van der Waals surface area contributed by atoms with Gasteiger partial charge in [0.2, 0.25) is 0 Å². The third-order valence-electron chi connectivity index (χ3n) is 7.42. The van der Waals surface area contributed by atoms with Crippen LogP contribution in [0.5, 0.6) is 5.75 Å². The average molecular weight is 445 g/mol. The van der Waals surface area contributed by atoms with Crippen LogP contribution in [-0.4, -0.2) is 13.1 Å². The Kier molecular flexibility index (Phi) is 6.11. The van der Waals surface area contributed by atoms with Gasteiger partial charge in [0.05, 0.1) is 0 Å². The highest BCUT2D eigenvalue weighted by Gasteiger charge is 2.44. The number of ether oxygens (including phenoxy) is 1. The highest BCUT2D eigenvalue weighted by atomic mass is 19.1. The minimum Gasteiger partial charge on any atom is -0.489 e. The van der Waals surface area contributed by atoms with Gasteiger partial charge in [-0.05, 0) is 95.7 Å². The molecule has 33 heavy (non-hydrogen) atoms. The van der Waals surface area contributed by atoms with Gasteiger partial charge in [-0.25, -0.2) is 4.39 Å². The van der Waals surface area contributed by atoms with E-state index in [1.165, 1.54) is 49.1 Å². The maximum Gasteiger partial charge on any atom is 0.126 e. The van der Waals surface area contributed by atoms with Crippen molar-refractivity contribution >= 4 is 5.69 Å². The highest BCUT2D eigenvalue weighted by molar-refractivity contribution is 5.70. The molecular formula is C29H33FN2O. The van der Waals surface area contributed by atoms with Gasteiger partial charge in [0.25, 0.3) is 0 Å². The Hall–Kier alpha value is -2.85. The molecule has 0 amide bonds. The SMILES string of the molecule is CCc1ccc(F)cc1OCc1cc(-c2cccc(CN)c2)cc(N2CCC3(CC2)CC3)c1. The monoisotopic (exact) mass is 444 g/mol. The van der Waals surface area contributed by atoms with Crippen molar-refractivity contribution in [2.45, 2.75) is 52.2 Å². The zero-order chi connectivity index (χ0) is 22.8. The first-order chi connectivity index (χ1) is 16.1. The van der Waals surface area contributed by atoms with Gasteiger partial charge in [-0.2, -0.15) is 0 Å². The molecule has 1 saturated heterocycles. The fourth-order valence-electron chi connectivity index (χ4n) is 5.02. The molecule has 1 spiro atoms. The van der Waals surface area contributed by atoms with Crippen LogP contribution >= 0.6 is 0 Å². The van der Waals surface area contributed by atoms with E-state index in [2.05, 4.69) is 54.3 Å². The van der Waals surface area contributed by atoms with Crippen LogP contribution in [-0.2, 0) is 19.6 Å². The summed E-state index contributed by atoms with van der Waals surface area (Å²) >= 11 is 0. The molecule has 1 saturated carbocycles. The van der Waals surface area contributed by atoms with E-state index in [4.69, 9.17) is 10.5 Å². The van der Waals surface area contributed by atoms with Gasteiger partial charge in [-0.15, -0.1) is 0 Å². The van der Waals surface area contributed by atoms with E-state index in [0.29, 0.717) is 24.3 Å². The number of anilines is 1. The Morgan fingerprint density at radius 2 is 1.70 bits per heavy atom. The maximum atomic E-state index is 13.8. The molecule has 2 fully saturated rings. The average Bonchev–Trinajstić information content (AvgIpc) is 3.61. The molecule has 1 aliphatic heterocycles. The molecule has 1 aliphatic carbocycles. The van der Waals surface area contributed by atoms with Crippen molar-refractivity contribution in [1.29, 1.82) is 0 Å². The Bertz CT molecular complexity index is 1130. The largest absolute Gasteiger partial charge is 0.489 e. The summed E-state index contributed by atoms with van der Waals surface area (Å²) in [5.74, 6) is 0.362. The van der Waals surface area contributed by atoms with E-state index >= 15 is 0 Å². The van der Waals surface area contributed by atoms with Gasteiger partial charge in [0.1, 0.15) is 18.2 Å². The molecule has 0 radical (unpaired) electrons. The van der Waals surface area contributed by atoms with Crippen LogP contribution in [0.25, 0.3) is 11.1 Å². The summed E-state index contributed by atoms with van der Waals surface area (Å²) in [6.45, 7) is 5.21. The molecule has 1 heterocycles. The van der Waals surface area contributed by atoms with Crippen molar-refractivity contribution in [2.75, 3.05) is 18.0 Å². The van der Waals surface area contributed by atoms with Crippen molar-refractivity contribution in [1.82, 2.24) is 0 Å². The molecular weight excluding hydrogens is 411 g/mol. The topological polar surface area (TPSA) is 38.5 Å². The van der Waals surface area contributed by atoms with Crippen LogP contribution in [0, 0.1) is 11.2 Å². The summed E-state index contributed by atoms with van der Waals surface area (Å²) in [4.78, 5) is 2.52. The van der Waals surface area contributed by atoms with Crippen LogP contribution in [0.1, 0.15) is 49.3 Å². The second-order valence-corrected chi connectivity index (χ2v) is 9.67. The van der Waals surface area contributed by atoms with Gasteiger partial charge >= 0.3 is 0 Å². The summed E-state index contributed by atoms with van der Waals surface area (Å²) < 4.78 is 20.0. The fourth-order valence-corrected chi connectivity index (χ4v) is 5.02. The minimum absolute atomic E-state index is 0.266. The molecule has 0 atom stereocenters. The maximum absolute atomic E-state index is 13.8. The number of rotatable bonds is 7. The van der Waals surface area contributed by atoms with Gasteiger partial charge in [-0.3, -0.25) is 0 Å². The third kappa shape index (κ3) is 4.91. The quantitative estimate of drug-likeness (QED) is 0.454. The van der Waals surface area contributed by atoms with Crippen LogP contribution in [0.3, 0.4) is 0 Å². The van der Waals surface area contributed by atoms with Crippen molar-refractivity contribution in [3.8, 4) is 16.9 Å². The molecule has 2 N–H and O–H groups in total. The first-order valence-electron chi connectivity index (χ1n) is 12.2. The van der Waals surface area contributed by atoms with E-state index in [-0.39, 0.29) is 5.82 Å². The van der Waals surface area contributed by atoms with Crippen LogP contribution in [0.15, 0.2) is 60.7 Å². The lowest BCUT2D eigenvalue weighted by molar-refractivity contribution is 0.301. The van der Waals surface area contributed by atoms with Crippen molar-refractivity contribution in [3.63, 3.8) is 0 Å². The van der Waals surface area contributed by atoms with E-state index in [9.17, 15) is 4.39 Å². The van der Waals surface area contributed by atoms with Crippen molar-refractivity contribution < 1.29 is 9.13 Å². The molecule has 0 bridgehead atoms. The van der Waals surface area contributed by atoms with Crippen LogP contribution < -0.4 is 15.4 Å². The van der Waals surface area contributed by atoms with Gasteiger partial charge in [0, 0.05) is 31.4 Å². The van der Waals surface area contributed by atoms with E-state index in [1.54, 1.807) is 0 Å². The second-order valence-electron chi connectivity index (χ2n) is 9.67. The normalized spacial score (nSPS) is 16.8. The number of hydrogen-bond acceptors (Lipinski definition) is 3. The molecule has 3 aromatic carbocycles. The number of nitrogens with zero attached hydrogens (tertiary/aromatic N) is 1. The number of nitrogens with two attached hydrogens (primary N) is 1. The molecule has 0 aromatic heterocycles. The lowest BCUT2D eigenvalue weighted by Gasteiger charge is -2.34. The summed E-state index contributed by atoms with van der Waals surface area (Å²) in [6, 6.07) is 20.0. The predicted octanol–water partition coefficient (Wildman–Crippen LogP) is 6.47. The predicted molar refractivity (Wildman–Crippen MR) is 133 cm³/mol. The molecule has 4 heteroatoms. The van der Waals surface area contributed by atoms with Crippen molar-refractivity contribution in [2.24, 2.45) is 11.1 Å². The second kappa shape index (κ2) is 9.18. The summed E-state index contributed by atoms with van der Waals surface area (Å²) in [6.07, 6.45) is 6.19. The third-order valence-corrected chi connectivity index (χ3v) is 7.42. The minimum atomic E-state index is -0.266. The Morgan fingerprint density at radius 3 is 2.42 bits per heavy atom. The van der Waals surface area contributed by atoms with E-state index < -0.39 is 0 Å². The molecule has 2 aliphatic rings. The summed E-state index contributed by atoms with van der Waals surface area (Å²) in [7, 11) is 0. The number of hydrogen-bond donors (Lipinski definition) is 1. The molecule has 172 valence electrons. The standard InChI is InChI=1S/C29H33FN2O/c1-2-23-6-7-26(30)18-28(23)33-20-22-15-25(24-5-3-4-21(14-24)19-31)17-27(16-22)32-12-10-29(8-9-29)11-13-32/h3-7,14-18H,2,8-13,19-20,31H2,1H3. The summed E-state index contributed by atoms with van der Waals surface area (Å²) in [5, 5.41) is 0. The van der Waals surface area contributed by atoms with Gasteiger partial charge in [-0.1, -0.05) is 31.2 Å². The fraction of sp³-hybridized carbons (Fsp3) is 0.379. The van der Waals surface area contributed by atoms with Crippen molar-refractivity contribution in [3.05, 3.63) is 83.2 Å². The first-order valence-corrected chi connectivity index (χ1v) is 12.2. The lowest BCUT2D eigenvalue weighted by atomic mass is 9.92. The number of aryl methyl sites for hydroxylation is 1. The Labute approximate surface area is 196 Å². The smallest absolute Gasteiger partial charge is 0.126 e. The lowest BCUT2D eigenvalue weighted by Crippen LogP contribution is -2.34. The molecule has 3 nitrogen and oxygen atoms in total. The molecule has 5 rings (SSSR count). The van der Waals surface area contributed by atoms with E-state index in [1.807, 2.05) is 6.07 Å². The highest BCUT2D eigenvalue weighted by Crippen LogP contribution is 2.54. The number of halogens is 1. The molecule has 3 aromatic rings. The van der Waals surface area contributed by atoms with Crippen LogP contribution in [0.2, 0.25) is 0 Å². The summed E-state index contributed by atoms with van der Waals surface area (Å²) in [5.41, 5.74) is 13.4. The molecule has 0 unspecified atom stereocenters. The number of benzene rings is 3. The Balaban J connectivity index is 1.45.